The van der Waals surface area contributed by atoms with Gasteiger partial charge in [0.1, 0.15) is 0 Å². The van der Waals surface area contributed by atoms with Crippen LogP contribution in [-0.4, -0.2) is 25.6 Å². The quantitative estimate of drug-likeness (QED) is 0.734. The Kier molecular flexibility index (Phi) is 3.01. The van der Waals surface area contributed by atoms with Crippen LogP contribution in [-0.2, 0) is 0 Å². The van der Waals surface area contributed by atoms with Gasteiger partial charge in [-0.2, -0.15) is 0 Å². The molecule has 94 valence electrons. The van der Waals surface area contributed by atoms with Crippen LogP contribution in [0.25, 0.3) is 20.8 Å². The second kappa shape index (κ2) is 4.69. The molecule has 1 heterocycles. The third kappa shape index (κ3) is 2.12. The molecule has 3 rings (SSSR count). The molecule has 2 aromatic carbocycles. The van der Waals surface area contributed by atoms with E-state index in [-0.39, 0.29) is 14.5 Å². The second-order valence-electron chi connectivity index (χ2n) is 4.48. The molecule has 0 aliphatic carbocycles. The van der Waals surface area contributed by atoms with Crippen molar-refractivity contribution in [2.45, 2.75) is 6.92 Å². The molecule has 0 bridgehead atoms. The van der Waals surface area contributed by atoms with Gasteiger partial charge in [-0.3, -0.25) is 0 Å². The topological polar surface area (TPSA) is 37.3 Å². The van der Waals surface area contributed by atoms with Gasteiger partial charge in [0, 0.05) is 0 Å². The number of benzene rings is 2. The first-order chi connectivity index (χ1) is 9.16. The molecule has 1 aromatic heterocycles. The number of hydrogen-bond acceptors (Lipinski definition) is 1. The number of carbonyl (C=O) groups is 1. The van der Waals surface area contributed by atoms with E-state index in [0.29, 0.717) is 4.44 Å². The minimum absolute atomic E-state index is 0.111. The molecule has 3 heteroatoms. The Morgan fingerprint density at radius 3 is 2.53 bits per heavy atom. The zero-order valence-electron chi connectivity index (χ0n) is 10.4. The van der Waals surface area contributed by atoms with Crippen molar-refractivity contribution in [1.29, 1.82) is 0 Å². The predicted molar refractivity (Wildman–Crippen MR) is 78.0 cm³/mol. The minimum atomic E-state index is -0.798. The Bertz CT molecular complexity index is 757. The van der Waals surface area contributed by atoms with Gasteiger partial charge < -0.3 is 0 Å². The summed E-state index contributed by atoms with van der Waals surface area (Å²) < 4.78 is 1.72. The van der Waals surface area contributed by atoms with Gasteiger partial charge in [0.05, 0.1) is 0 Å². The van der Waals surface area contributed by atoms with E-state index >= 15 is 0 Å². The Morgan fingerprint density at radius 1 is 1.11 bits per heavy atom. The van der Waals surface area contributed by atoms with Gasteiger partial charge in [-0.1, -0.05) is 0 Å². The zero-order valence-corrected chi connectivity index (χ0v) is 12.1. The molecule has 2 nitrogen and oxygen atoms in total. The summed E-state index contributed by atoms with van der Waals surface area (Å²) in [6, 6.07) is 16.0. The van der Waals surface area contributed by atoms with Crippen LogP contribution in [0.1, 0.15) is 14.8 Å². The number of aromatic carboxylic acids is 1. The van der Waals surface area contributed by atoms with Crippen LogP contribution >= 0.6 is 0 Å². The van der Waals surface area contributed by atoms with Crippen LogP contribution in [0.4, 0.5) is 0 Å². The van der Waals surface area contributed by atoms with Crippen molar-refractivity contribution in [3.63, 3.8) is 0 Å². The first-order valence-electron chi connectivity index (χ1n) is 5.98. The third-order valence-corrected chi connectivity index (χ3v) is 5.53. The molecule has 0 amide bonds. The molecule has 1 N–H and O–H groups in total. The average Bonchev–Trinajstić information content (AvgIpc) is 2.78. The van der Waals surface area contributed by atoms with Crippen LogP contribution in [0, 0.1) is 6.92 Å². The molecule has 0 unspecified atom stereocenters. The van der Waals surface area contributed by atoms with Gasteiger partial charge in [0.2, 0.25) is 0 Å². The summed E-state index contributed by atoms with van der Waals surface area (Å²) >= 11 is -0.111. The van der Waals surface area contributed by atoms with E-state index < -0.39 is 5.97 Å². The van der Waals surface area contributed by atoms with Crippen molar-refractivity contribution in [2.24, 2.45) is 0 Å². The first kappa shape index (κ1) is 12.2. The molecule has 0 spiro atoms. The number of hydrogen-bond donors (Lipinski definition) is 1. The van der Waals surface area contributed by atoms with E-state index in [1.807, 2.05) is 43.3 Å². The van der Waals surface area contributed by atoms with Crippen LogP contribution in [0.15, 0.2) is 48.5 Å². The first-order valence-corrected chi connectivity index (χ1v) is 7.70. The summed E-state index contributed by atoms with van der Waals surface area (Å²) in [5, 5.41) is 10.5. The van der Waals surface area contributed by atoms with Crippen LogP contribution in [0.5, 0.6) is 0 Å². The van der Waals surface area contributed by atoms with Crippen molar-refractivity contribution in [2.75, 3.05) is 0 Å². The van der Waals surface area contributed by atoms with Crippen molar-refractivity contribution in [3.05, 3.63) is 58.5 Å². The SMILES string of the molecule is Cc1ccc2[se]c(C(=O)O)c(-c3ccccc3)c2c1. The van der Waals surface area contributed by atoms with Gasteiger partial charge in [-0.25, -0.2) is 0 Å². The summed E-state index contributed by atoms with van der Waals surface area (Å²) in [5.41, 5.74) is 3.05. The molecule has 0 atom stereocenters. The molecular weight excluding hydrogens is 303 g/mol. The van der Waals surface area contributed by atoms with E-state index in [9.17, 15) is 9.90 Å². The van der Waals surface area contributed by atoms with Gasteiger partial charge >= 0.3 is 117 Å². The van der Waals surface area contributed by atoms with E-state index in [0.717, 1.165) is 26.3 Å². The third-order valence-electron chi connectivity index (χ3n) is 3.10. The Morgan fingerprint density at radius 2 is 1.84 bits per heavy atom. The van der Waals surface area contributed by atoms with Gasteiger partial charge in [0.15, 0.2) is 0 Å². The van der Waals surface area contributed by atoms with Crippen molar-refractivity contribution >= 4 is 30.1 Å². The fourth-order valence-corrected chi connectivity index (χ4v) is 4.44. The Labute approximate surface area is 117 Å². The van der Waals surface area contributed by atoms with Crippen molar-refractivity contribution < 1.29 is 9.90 Å². The van der Waals surface area contributed by atoms with Crippen molar-refractivity contribution in [1.82, 2.24) is 0 Å². The number of rotatable bonds is 2. The fourth-order valence-electron chi connectivity index (χ4n) is 2.25. The molecule has 0 saturated carbocycles. The maximum atomic E-state index is 11.5. The van der Waals surface area contributed by atoms with E-state index in [1.54, 1.807) is 0 Å². The van der Waals surface area contributed by atoms with Crippen molar-refractivity contribution in [3.8, 4) is 11.1 Å². The summed E-state index contributed by atoms with van der Waals surface area (Å²) in [6.45, 7) is 2.04. The van der Waals surface area contributed by atoms with Crippen LogP contribution < -0.4 is 0 Å². The zero-order chi connectivity index (χ0) is 13.4. The number of fused-ring (bicyclic) bond motifs is 1. The summed E-state index contributed by atoms with van der Waals surface area (Å²) in [7, 11) is 0. The van der Waals surface area contributed by atoms with Crippen LogP contribution in [0.2, 0.25) is 0 Å². The van der Waals surface area contributed by atoms with E-state index in [4.69, 9.17) is 0 Å². The van der Waals surface area contributed by atoms with Gasteiger partial charge in [-0.15, -0.1) is 0 Å². The average molecular weight is 315 g/mol. The summed E-state index contributed by atoms with van der Waals surface area (Å²) in [4.78, 5) is 11.5. The molecule has 0 aliphatic heterocycles. The standard InChI is InChI=1S/C16H12O2Se/c1-10-7-8-13-12(9-10)14(15(19-13)16(17)18)11-5-3-2-4-6-11/h2-9H,1H3,(H,17,18). The fraction of sp³-hybridized carbons (Fsp3) is 0.0625. The Hall–Kier alpha value is -1.83. The van der Waals surface area contributed by atoms with Gasteiger partial charge in [-0.05, 0) is 0 Å². The maximum absolute atomic E-state index is 11.5. The molecule has 0 fully saturated rings. The summed E-state index contributed by atoms with van der Waals surface area (Å²) in [5.74, 6) is -0.798. The normalized spacial score (nSPS) is 10.8. The molecule has 3 aromatic rings. The predicted octanol–water partition coefficient (Wildman–Crippen LogP) is 3.57. The number of aryl methyl sites for hydroxylation is 1. The summed E-state index contributed by atoms with van der Waals surface area (Å²) in [6.07, 6.45) is 0. The van der Waals surface area contributed by atoms with E-state index in [1.165, 1.54) is 0 Å². The van der Waals surface area contributed by atoms with Gasteiger partial charge in [0.25, 0.3) is 0 Å². The monoisotopic (exact) mass is 316 g/mol. The van der Waals surface area contributed by atoms with E-state index in [2.05, 4.69) is 12.1 Å². The molecular formula is C16H12O2Se. The second-order valence-corrected chi connectivity index (χ2v) is 6.68. The molecule has 0 aliphatic rings. The molecule has 0 radical (unpaired) electrons. The Balaban J connectivity index is 2.40. The number of carboxylic acids is 1. The van der Waals surface area contributed by atoms with Crippen LogP contribution in [0.3, 0.4) is 0 Å². The molecule has 0 saturated heterocycles. The molecule has 19 heavy (non-hydrogen) atoms. The number of carboxylic acid groups (broad SMARTS) is 1.